The molecular formula is C29H30F3NO6. The van der Waals surface area contributed by atoms with Crippen LogP contribution < -0.4 is 23.7 Å². The Kier molecular flexibility index (Phi) is 8.42. The van der Waals surface area contributed by atoms with Crippen molar-refractivity contribution in [3.05, 3.63) is 76.9 Å². The van der Waals surface area contributed by atoms with Gasteiger partial charge in [-0.1, -0.05) is 12.1 Å². The quantitative estimate of drug-likeness (QED) is 0.355. The fourth-order valence-electron chi connectivity index (χ4n) is 4.71. The third kappa shape index (κ3) is 6.16. The highest BCUT2D eigenvalue weighted by Crippen LogP contribution is 2.39. The molecule has 0 aromatic heterocycles. The SMILES string of the molecule is COc1ccc(CC(=O)N2CCc3cc(OC)c(OC)cc3[C@H]2COc2cccc(C(F)(F)F)c2)cc1OC. The molecular weight excluding hydrogens is 515 g/mol. The molecule has 1 atom stereocenters. The normalized spacial score (nSPS) is 14.8. The summed E-state index contributed by atoms with van der Waals surface area (Å²) >= 11 is 0. The summed E-state index contributed by atoms with van der Waals surface area (Å²) in [5, 5.41) is 0. The first-order valence-electron chi connectivity index (χ1n) is 12.2. The summed E-state index contributed by atoms with van der Waals surface area (Å²) in [4.78, 5) is 15.3. The topological polar surface area (TPSA) is 66.5 Å². The third-order valence-corrected chi connectivity index (χ3v) is 6.70. The average molecular weight is 546 g/mol. The predicted octanol–water partition coefficient (Wildman–Crippen LogP) is 5.49. The lowest BCUT2D eigenvalue weighted by Crippen LogP contribution is -2.43. The summed E-state index contributed by atoms with van der Waals surface area (Å²) in [5.41, 5.74) is 1.65. The molecule has 39 heavy (non-hydrogen) atoms. The predicted molar refractivity (Wildman–Crippen MR) is 138 cm³/mol. The molecule has 0 bridgehead atoms. The Labute approximate surface area is 225 Å². The maximum Gasteiger partial charge on any atom is 0.416 e. The van der Waals surface area contributed by atoms with Crippen molar-refractivity contribution in [2.75, 3.05) is 41.6 Å². The first-order valence-corrected chi connectivity index (χ1v) is 12.2. The van der Waals surface area contributed by atoms with Crippen molar-refractivity contribution >= 4 is 5.91 Å². The summed E-state index contributed by atoms with van der Waals surface area (Å²) in [6.07, 6.45) is -3.85. The molecule has 1 heterocycles. The van der Waals surface area contributed by atoms with Crippen LogP contribution >= 0.6 is 0 Å². The van der Waals surface area contributed by atoms with Crippen LogP contribution in [-0.2, 0) is 23.8 Å². The van der Waals surface area contributed by atoms with Crippen LogP contribution in [0.5, 0.6) is 28.7 Å². The van der Waals surface area contributed by atoms with Gasteiger partial charge in [-0.05, 0) is 65.6 Å². The molecule has 10 heteroatoms. The zero-order valence-electron chi connectivity index (χ0n) is 22.1. The summed E-state index contributed by atoms with van der Waals surface area (Å²) < 4.78 is 67.2. The Morgan fingerprint density at radius 3 is 2.21 bits per heavy atom. The molecule has 208 valence electrons. The number of nitrogens with zero attached hydrogens (tertiary/aromatic N) is 1. The van der Waals surface area contributed by atoms with Crippen LogP contribution in [0.4, 0.5) is 13.2 Å². The molecule has 3 aromatic carbocycles. The summed E-state index contributed by atoms with van der Waals surface area (Å²) in [5.74, 6) is 1.99. The molecule has 0 aliphatic carbocycles. The van der Waals surface area contributed by atoms with Gasteiger partial charge in [0.2, 0.25) is 5.91 Å². The molecule has 3 aromatic rings. The zero-order valence-corrected chi connectivity index (χ0v) is 22.1. The van der Waals surface area contributed by atoms with E-state index < -0.39 is 17.8 Å². The van der Waals surface area contributed by atoms with Gasteiger partial charge in [0.15, 0.2) is 23.0 Å². The minimum atomic E-state index is -4.50. The van der Waals surface area contributed by atoms with E-state index in [4.69, 9.17) is 23.7 Å². The fraction of sp³-hybridized carbons (Fsp3) is 0.345. The van der Waals surface area contributed by atoms with Crippen molar-refractivity contribution in [2.24, 2.45) is 0 Å². The zero-order chi connectivity index (χ0) is 28.2. The number of fused-ring (bicyclic) bond motifs is 1. The van der Waals surface area contributed by atoms with Crippen molar-refractivity contribution in [1.29, 1.82) is 0 Å². The maximum absolute atomic E-state index is 13.6. The first-order chi connectivity index (χ1) is 18.7. The van der Waals surface area contributed by atoms with E-state index in [2.05, 4.69) is 0 Å². The van der Waals surface area contributed by atoms with Gasteiger partial charge in [0.25, 0.3) is 0 Å². The number of benzene rings is 3. The highest BCUT2D eigenvalue weighted by molar-refractivity contribution is 5.80. The van der Waals surface area contributed by atoms with Crippen molar-refractivity contribution in [3.8, 4) is 28.7 Å². The molecule has 0 spiro atoms. The third-order valence-electron chi connectivity index (χ3n) is 6.70. The number of halogens is 3. The molecule has 0 unspecified atom stereocenters. The lowest BCUT2D eigenvalue weighted by atomic mass is 9.91. The number of carbonyl (C=O) groups is 1. The van der Waals surface area contributed by atoms with E-state index in [0.717, 1.165) is 28.8 Å². The van der Waals surface area contributed by atoms with Crippen LogP contribution in [0, 0.1) is 0 Å². The van der Waals surface area contributed by atoms with Gasteiger partial charge >= 0.3 is 6.18 Å². The Morgan fingerprint density at radius 1 is 0.872 bits per heavy atom. The van der Waals surface area contributed by atoms with Gasteiger partial charge in [0, 0.05) is 6.54 Å². The summed E-state index contributed by atoms with van der Waals surface area (Å²) in [6.45, 7) is 0.340. The molecule has 0 N–H and O–H groups in total. The standard InChI is InChI=1S/C29H30F3NO6/c1-35-24-9-8-18(12-25(24)36-2)13-28(34)33-11-10-19-14-26(37-3)27(38-4)16-22(19)23(33)17-39-21-7-5-6-20(15-21)29(30,31)32/h5-9,12,14-16,23H,10-11,13,17H2,1-4H3/t23-/m1/s1. The van der Waals surface area contributed by atoms with Gasteiger partial charge < -0.3 is 28.6 Å². The van der Waals surface area contributed by atoms with Crippen molar-refractivity contribution in [2.45, 2.75) is 25.1 Å². The molecule has 7 nitrogen and oxygen atoms in total. The monoisotopic (exact) mass is 545 g/mol. The van der Waals surface area contributed by atoms with E-state index in [9.17, 15) is 18.0 Å². The average Bonchev–Trinajstić information content (AvgIpc) is 2.94. The minimum Gasteiger partial charge on any atom is -0.493 e. The molecule has 1 aliphatic heterocycles. The lowest BCUT2D eigenvalue weighted by Gasteiger charge is -2.38. The van der Waals surface area contributed by atoms with Crippen LogP contribution in [0.2, 0.25) is 0 Å². The minimum absolute atomic E-state index is 0.0541. The van der Waals surface area contributed by atoms with E-state index in [-0.39, 0.29) is 24.7 Å². The van der Waals surface area contributed by atoms with Gasteiger partial charge in [0.05, 0.1) is 46.5 Å². The molecule has 0 radical (unpaired) electrons. The Hall–Kier alpha value is -4.08. The number of hydrogen-bond acceptors (Lipinski definition) is 6. The second-order valence-electron chi connectivity index (χ2n) is 8.96. The first kappa shape index (κ1) is 27.9. The number of hydrogen-bond donors (Lipinski definition) is 0. The molecule has 1 aliphatic rings. The molecule has 1 amide bonds. The largest absolute Gasteiger partial charge is 0.493 e. The maximum atomic E-state index is 13.6. The highest BCUT2D eigenvalue weighted by Gasteiger charge is 2.34. The summed E-state index contributed by atoms with van der Waals surface area (Å²) in [6, 6.07) is 13.0. The van der Waals surface area contributed by atoms with E-state index >= 15 is 0 Å². The van der Waals surface area contributed by atoms with Crippen LogP contribution in [0.25, 0.3) is 0 Å². The van der Waals surface area contributed by atoms with Gasteiger partial charge in [0.1, 0.15) is 12.4 Å². The number of methoxy groups -OCH3 is 4. The van der Waals surface area contributed by atoms with Gasteiger partial charge in [-0.25, -0.2) is 0 Å². The van der Waals surface area contributed by atoms with Crippen LogP contribution in [0.15, 0.2) is 54.6 Å². The number of rotatable bonds is 9. The molecule has 0 saturated heterocycles. The number of ether oxygens (including phenoxy) is 5. The van der Waals surface area contributed by atoms with Gasteiger partial charge in [-0.2, -0.15) is 13.2 Å². The van der Waals surface area contributed by atoms with Crippen molar-refractivity contribution in [3.63, 3.8) is 0 Å². The Bertz CT molecular complexity index is 1330. The van der Waals surface area contributed by atoms with Gasteiger partial charge in [-0.15, -0.1) is 0 Å². The second kappa shape index (κ2) is 11.8. The van der Waals surface area contributed by atoms with Crippen LogP contribution in [0.3, 0.4) is 0 Å². The molecule has 0 fully saturated rings. The van der Waals surface area contributed by atoms with Crippen LogP contribution in [-0.4, -0.2) is 52.4 Å². The lowest BCUT2D eigenvalue weighted by molar-refractivity contribution is -0.137. The second-order valence-corrected chi connectivity index (χ2v) is 8.96. The van der Waals surface area contributed by atoms with E-state index in [1.54, 1.807) is 36.3 Å². The molecule has 0 saturated carbocycles. The number of amides is 1. The van der Waals surface area contributed by atoms with Crippen LogP contribution in [0.1, 0.15) is 28.3 Å². The fourth-order valence-corrected chi connectivity index (χ4v) is 4.71. The number of alkyl halides is 3. The van der Waals surface area contributed by atoms with Crippen molar-refractivity contribution < 1.29 is 41.7 Å². The van der Waals surface area contributed by atoms with E-state index in [1.165, 1.54) is 33.5 Å². The molecule has 4 rings (SSSR count). The number of carbonyl (C=O) groups excluding carboxylic acids is 1. The Morgan fingerprint density at radius 2 is 1.54 bits per heavy atom. The highest BCUT2D eigenvalue weighted by atomic mass is 19.4. The summed E-state index contributed by atoms with van der Waals surface area (Å²) in [7, 11) is 6.11. The van der Waals surface area contributed by atoms with Crippen molar-refractivity contribution in [1.82, 2.24) is 4.90 Å². The van der Waals surface area contributed by atoms with E-state index in [1.807, 2.05) is 6.07 Å². The smallest absolute Gasteiger partial charge is 0.416 e. The Balaban J connectivity index is 1.65. The van der Waals surface area contributed by atoms with Gasteiger partial charge in [-0.3, -0.25) is 4.79 Å². The van der Waals surface area contributed by atoms with E-state index in [0.29, 0.717) is 36.0 Å².